The summed E-state index contributed by atoms with van der Waals surface area (Å²) in [5, 5.41) is 17.5. The van der Waals surface area contributed by atoms with Crippen LogP contribution in [0.2, 0.25) is 0 Å². The van der Waals surface area contributed by atoms with E-state index in [1.165, 1.54) is 4.90 Å². The first kappa shape index (κ1) is 12.3. The van der Waals surface area contributed by atoms with Crippen LogP contribution in [0.3, 0.4) is 0 Å². The maximum atomic E-state index is 10.7. The molecule has 1 fully saturated rings. The smallest absolute Gasteiger partial charge is 0.407 e. The van der Waals surface area contributed by atoms with E-state index in [0.29, 0.717) is 13.1 Å². The van der Waals surface area contributed by atoms with Crippen LogP contribution in [-0.4, -0.2) is 64.9 Å². The van der Waals surface area contributed by atoms with Crippen molar-refractivity contribution in [3.63, 3.8) is 0 Å². The zero-order chi connectivity index (χ0) is 11.3. The predicted octanol–water partition coefficient (Wildman–Crippen LogP) is 0.443. The number of unbranched alkanes of at least 4 members (excludes halogenated alkanes) is 1. The Labute approximate surface area is 90.3 Å². The number of hydrogen-bond acceptors (Lipinski definition) is 3. The number of carbonyl (C=O) groups is 1. The number of hydrogen-bond donors (Lipinski definition) is 2. The molecular weight excluding hydrogens is 196 g/mol. The van der Waals surface area contributed by atoms with Crippen LogP contribution in [0.1, 0.15) is 19.8 Å². The van der Waals surface area contributed by atoms with Gasteiger partial charge in [-0.15, -0.1) is 0 Å². The molecule has 0 aromatic heterocycles. The Morgan fingerprint density at radius 2 is 2.13 bits per heavy atom. The summed E-state index contributed by atoms with van der Waals surface area (Å²) in [6, 6.07) is 0.286. The minimum atomic E-state index is -0.822. The molecule has 1 saturated heterocycles. The van der Waals surface area contributed by atoms with E-state index in [-0.39, 0.29) is 12.6 Å². The Morgan fingerprint density at radius 3 is 2.67 bits per heavy atom. The third-order valence-electron chi connectivity index (χ3n) is 2.89. The Kier molecular flexibility index (Phi) is 4.84. The molecule has 1 aliphatic heterocycles. The minimum absolute atomic E-state index is 0.240. The molecule has 0 aliphatic carbocycles. The quantitative estimate of drug-likeness (QED) is 0.669. The van der Waals surface area contributed by atoms with Gasteiger partial charge in [0.2, 0.25) is 0 Å². The Hall–Kier alpha value is -0.810. The second-order valence-corrected chi connectivity index (χ2v) is 4.04. The van der Waals surface area contributed by atoms with Crippen LogP contribution >= 0.6 is 0 Å². The van der Waals surface area contributed by atoms with Gasteiger partial charge in [-0.25, -0.2) is 4.79 Å². The molecule has 1 amide bonds. The van der Waals surface area contributed by atoms with Crippen molar-refractivity contribution in [2.45, 2.75) is 25.8 Å². The first-order chi connectivity index (χ1) is 7.15. The second kappa shape index (κ2) is 5.92. The van der Waals surface area contributed by atoms with Gasteiger partial charge in [0.05, 0.1) is 0 Å². The van der Waals surface area contributed by atoms with E-state index < -0.39 is 6.09 Å². The molecule has 88 valence electrons. The van der Waals surface area contributed by atoms with Gasteiger partial charge in [0.25, 0.3) is 0 Å². The van der Waals surface area contributed by atoms with E-state index in [0.717, 1.165) is 25.9 Å². The molecule has 0 unspecified atom stereocenters. The van der Waals surface area contributed by atoms with E-state index in [1.54, 1.807) is 0 Å². The summed E-state index contributed by atoms with van der Waals surface area (Å²) in [6.45, 7) is 5.23. The van der Waals surface area contributed by atoms with Gasteiger partial charge in [0.1, 0.15) is 0 Å². The molecule has 0 aromatic carbocycles. The summed E-state index contributed by atoms with van der Waals surface area (Å²) in [4.78, 5) is 14.5. The predicted molar refractivity (Wildman–Crippen MR) is 57.0 cm³/mol. The van der Waals surface area contributed by atoms with Crippen LogP contribution in [0.15, 0.2) is 0 Å². The summed E-state index contributed by atoms with van der Waals surface area (Å²) < 4.78 is 0. The molecule has 1 aliphatic rings. The Morgan fingerprint density at radius 1 is 1.40 bits per heavy atom. The molecule has 0 bridgehead atoms. The summed E-state index contributed by atoms with van der Waals surface area (Å²) in [5.74, 6) is 0. The Bertz CT molecular complexity index is 211. The Balaban J connectivity index is 2.29. The number of nitrogens with zero attached hydrogens (tertiary/aromatic N) is 2. The molecule has 0 spiro atoms. The molecular formula is C10H20N2O3. The van der Waals surface area contributed by atoms with Crippen LogP contribution in [0.5, 0.6) is 0 Å². The number of amides is 1. The highest BCUT2D eigenvalue weighted by Gasteiger charge is 2.25. The van der Waals surface area contributed by atoms with Crippen molar-refractivity contribution in [3.05, 3.63) is 0 Å². The fourth-order valence-electron chi connectivity index (χ4n) is 1.93. The fraction of sp³-hybridized carbons (Fsp3) is 0.900. The van der Waals surface area contributed by atoms with Crippen LogP contribution in [0.4, 0.5) is 4.79 Å². The van der Waals surface area contributed by atoms with Gasteiger partial charge in [-0.05, 0) is 26.3 Å². The van der Waals surface area contributed by atoms with Crippen molar-refractivity contribution in [2.75, 3.05) is 32.8 Å². The van der Waals surface area contributed by atoms with Gasteiger partial charge in [-0.3, -0.25) is 4.90 Å². The van der Waals surface area contributed by atoms with Crippen LogP contribution < -0.4 is 0 Å². The number of aliphatic hydroxyl groups is 1. The normalized spacial score (nSPS) is 23.1. The summed E-state index contributed by atoms with van der Waals surface area (Å²) in [7, 11) is 0. The molecule has 0 aromatic rings. The number of aliphatic hydroxyl groups excluding tert-OH is 1. The molecule has 15 heavy (non-hydrogen) atoms. The average molecular weight is 216 g/mol. The first-order valence-electron chi connectivity index (χ1n) is 5.48. The maximum Gasteiger partial charge on any atom is 0.407 e. The van der Waals surface area contributed by atoms with Crippen molar-refractivity contribution >= 4 is 6.09 Å². The zero-order valence-electron chi connectivity index (χ0n) is 9.22. The van der Waals surface area contributed by atoms with Gasteiger partial charge >= 0.3 is 6.09 Å². The van der Waals surface area contributed by atoms with E-state index in [9.17, 15) is 4.79 Å². The van der Waals surface area contributed by atoms with Crippen LogP contribution in [0, 0.1) is 0 Å². The third-order valence-corrected chi connectivity index (χ3v) is 2.89. The van der Waals surface area contributed by atoms with Crippen LogP contribution in [0.25, 0.3) is 0 Å². The average Bonchev–Trinajstić information content (AvgIpc) is 2.20. The van der Waals surface area contributed by atoms with Gasteiger partial charge < -0.3 is 15.1 Å². The topological polar surface area (TPSA) is 64.0 Å². The van der Waals surface area contributed by atoms with Crippen molar-refractivity contribution in [1.29, 1.82) is 0 Å². The first-order valence-corrected chi connectivity index (χ1v) is 5.48. The summed E-state index contributed by atoms with van der Waals surface area (Å²) in [6.07, 6.45) is 0.983. The lowest BCUT2D eigenvalue weighted by Crippen LogP contribution is -2.53. The molecule has 0 radical (unpaired) electrons. The second-order valence-electron chi connectivity index (χ2n) is 4.04. The van der Waals surface area contributed by atoms with Gasteiger partial charge in [-0.1, -0.05) is 0 Å². The largest absolute Gasteiger partial charge is 0.465 e. The summed E-state index contributed by atoms with van der Waals surface area (Å²) in [5.41, 5.74) is 0. The van der Waals surface area contributed by atoms with E-state index in [1.807, 2.05) is 6.92 Å². The van der Waals surface area contributed by atoms with E-state index in [2.05, 4.69) is 4.90 Å². The lowest BCUT2D eigenvalue weighted by molar-refractivity contribution is 0.0736. The minimum Gasteiger partial charge on any atom is -0.465 e. The summed E-state index contributed by atoms with van der Waals surface area (Å²) >= 11 is 0. The molecule has 1 heterocycles. The van der Waals surface area contributed by atoms with Crippen molar-refractivity contribution in [3.8, 4) is 0 Å². The lowest BCUT2D eigenvalue weighted by Gasteiger charge is -2.38. The van der Waals surface area contributed by atoms with Gasteiger partial charge in [0.15, 0.2) is 0 Å². The molecule has 1 atom stereocenters. The number of rotatable bonds is 4. The molecule has 0 saturated carbocycles. The lowest BCUT2D eigenvalue weighted by atomic mass is 10.2. The number of piperazine rings is 1. The van der Waals surface area contributed by atoms with E-state index in [4.69, 9.17) is 10.2 Å². The highest BCUT2D eigenvalue weighted by Crippen LogP contribution is 2.10. The molecule has 5 nitrogen and oxygen atoms in total. The van der Waals surface area contributed by atoms with Gasteiger partial charge in [0, 0.05) is 32.3 Å². The van der Waals surface area contributed by atoms with Crippen molar-refractivity contribution in [1.82, 2.24) is 9.80 Å². The van der Waals surface area contributed by atoms with Crippen molar-refractivity contribution < 1.29 is 15.0 Å². The molecule has 2 N–H and O–H groups in total. The van der Waals surface area contributed by atoms with E-state index >= 15 is 0 Å². The van der Waals surface area contributed by atoms with Crippen molar-refractivity contribution in [2.24, 2.45) is 0 Å². The maximum absolute atomic E-state index is 10.7. The molecule has 5 heteroatoms. The standard InChI is InChI=1S/C10H20N2O3/c1-9-8-12(10(14)15)6-5-11(9)4-2-3-7-13/h9,13H,2-8H2,1H3,(H,14,15)/t9-/m1/s1. The number of carboxylic acid groups (broad SMARTS) is 1. The fourth-order valence-corrected chi connectivity index (χ4v) is 1.93. The highest BCUT2D eigenvalue weighted by atomic mass is 16.4. The highest BCUT2D eigenvalue weighted by molar-refractivity contribution is 5.65. The third kappa shape index (κ3) is 3.68. The zero-order valence-corrected chi connectivity index (χ0v) is 9.22. The monoisotopic (exact) mass is 216 g/mol. The molecule has 1 rings (SSSR count). The van der Waals surface area contributed by atoms with Gasteiger partial charge in [-0.2, -0.15) is 0 Å². The SMILES string of the molecule is C[C@@H]1CN(C(=O)O)CCN1CCCCO. The van der Waals surface area contributed by atoms with Crippen LogP contribution in [-0.2, 0) is 0 Å².